The van der Waals surface area contributed by atoms with Crippen molar-refractivity contribution >= 4 is 11.4 Å². The monoisotopic (exact) mass is 348 g/mol. The summed E-state index contributed by atoms with van der Waals surface area (Å²) in [6.45, 7) is 1.77. The molecule has 0 radical (unpaired) electrons. The zero-order valence-electron chi connectivity index (χ0n) is 6.30. The Labute approximate surface area is 85.4 Å². The van der Waals surface area contributed by atoms with Crippen LogP contribution in [0.1, 0.15) is 5.56 Å². The number of nitrogens with zero attached hydrogens (tertiary/aromatic N) is 1. The maximum absolute atomic E-state index is 10.2. The van der Waals surface area contributed by atoms with E-state index in [1.807, 2.05) is 0 Å². The molecule has 2 N–H and O–H groups in total. The summed E-state index contributed by atoms with van der Waals surface area (Å²) in [7, 11) is 0. The van der Waals surface area contributed by atoms with Crippen LogP contribution in [0.3, 0.4) is 0 Å². The van der Waals surface area contributed by atoms with Gasteiger partial charge < -0.3 is 5.73 Å². The molecule has 0 heterocycles. The van der Waals surface area contributed by atoms with E-state index in [1.165, 1.54) is 6.07 Å². The zero-order chi connectivity index (χ0) is 8.43. The molecule has 5 heteroatoms. The van der Waals surface area contributed by atoms with Gasteiger partial charge in [-0.3, -0.25) is 10.1 Å². The average molecular weight is 348 g/mol. The summed E-state index contributed by atoms with van der Waals surface area (Å²) in [6.07, 6.45) is 0. The molecule has 0 spiro atoms. The molecule has 0 saturated heterocycles. The van der Waals surface area contributed by atoms with E-state index in [1.54, 1.807) is 13.0 Å². The molecule has 0 saturated carbocycles. The largest absolute Gasteiger partial charge is 1.00 e. The third-order valence-corrected chi connectivity index (χ3v) is 1.38. The van der Waals surface area contributed by atoms with Gasteiger partial charge in [0.2, 0.25) is 0 Å². The minimum absolute atomic E-state index is 0. The van der Waals surface area contributed by atoms with Crippen LogP contribution >= 0.6 is 0 Å². The summed E-state index contributed by atoms with van der Waals surface area (Å²) in [6, 6.07) is 5.44. The number of anilines is 1. The van der Waals surface area contributed by atoms with E-state index in [0.29, 0.717) is 5.69 Å². The summed E-state index contributed by atoms with van der Waals surface area (Å²) in [5, 5.41) is 10.2. The van der Waals surface area contributed by atoms with Gasteiger partial charge in [0.25, 0.3) is 0 Å². The van der Waals surface area contributed by atoms with Crippen LogP contribution in [-0.4, -0.2) is 4.92 Å². The molecule has 12 heavy (non-hydrogen) atoms. The van der Waals surface area contributed by atoms with Crippen molar-refractivity contribution in [3.05, 3.63) is 33.9 Å². The molecule has 0 aromatic heterocycles. The van der Waals surface area contributed by atoms with Crippen LogP contribution in [0.25, 0.3) is 0 Å². The first-order valence-electron chi connectivity index (χ1n) is 3.04. The van der Waals surface area contributed by atoms with Crippen molar-refractivity contribution in [2.75, 3.05) is 5.73 Å². The van der Waals surface area contributed by atoms with Gasteiger partial charge in [0, 0.05) is 4.92 Å². The van der Waals surface area contributed by atoms with Crippen LogP contribution in [0.2, 0.25) is 0 Å². The Kier molecular flexibility index (Phi) is 3.95. The number of non-ortho nitro benzene ring substituents is 1. The Bertz CT molecular complexity index is 301. The summed E-state index contributed by atoms with van der Waals surface area (Å²) < 4.78 is 0. The Morgan fingerprint density at radius 1 is 1.58 bits per heavy atom. The molecule has 1 rings (SSSR count). The van der Waals surface area contributed by atoms with Crippen molar-refractivity contribution in [3.63, 3.8) is 0 Å². The van der Waals surface area contributed by atoms with E-state index in [4.69, 9.17) is 5.73 Å². The van der Waals surface area contributed by atoms with E-state index < -0.39 is 4.92 Å². The standard InChI is InChI=1S/C7H7N2O2.Au/c1-5-2-3-6(9(10)11)4-7(5)8;/h2-3H,8H2,1H3;/q-1;+1. The number of nitrogen functional groups attached to an aromatic ring is 1. The predicted molar refractivity (Wildman–Crippen MR) is 41.1 cm³/mol. The fourth-order valence-corrected chi connectivity index (χ4v) is 0.678. The van der Waals surface area contributed by atoms with E-state index in [2.05, 4.69) is 6.07 Å². The third-order valence-electron chi connectivity index (χ3n) is 1.38. The number of nitrogens with two attached hydrogens (primary N) is 1. The predicted octanol–water partition coefficient (Wildman–Crippen LogP) is 1.28. The minimum atomic E-state index is -0.518. The Morgan fingerprint density at radius 2 is 2.17 bits per heavy atom. The van der Waals surface area contributed by atoms with Gasteiger partial charge in [-0.15, -0.1) is 5.56 Å². The number of nitro benzene ring substituents is 1. The maximum atomic E-state index is 10.2. The second-order valence-electron chi connectivity index (χ2n) is 2.20. The summed E-state index contributed by atoms with van der Waals surface area (Å²) in [5.74, 6) is 0. The topological polar surface area (TPSA) is 69.2 Å². The molecule has 68 valence electrons. The SMILES string of the molecule is Cc1ccc([N+](=O)[O-])[c-]c1N.[Au+]. The van der Waals surface area contributed by atoms with Crippen LogP contribution in [0.5, 0.6) is 0 Å². The third kappa shape index (κ3) is 2.34. The number of hydrogen-bond donors (Lipinski definition) is 1. The smallest absolute Gasteiger partial charge is 0.419 e. The van der Waals surface area contributed by atoms with Gasteiger partial charge in [-0.25, -0.2) is 0 Å². The van der Waals surface area contributed by atoms with Crippen LogP contribution in [-0.2, 0) is 22.4 Å². The summed E-state index contributed by atoms with van der Waals surface area (Å²) in [4.78, 5) is 9.67. The van der Waals surface area contributed by atoms with Crippen molar-refractivity contribution in [2.45, 2.75) is 6.92 Å². The molecule has 4 nitrogen and oxygen atoms in total. The van der Waals surface area contributed by atoms with Gasteiger partial charge in [-0.05, 0) is 0 Å². The van der Waals surface area contributed by atoms with Crippen LogP contribution in [0, 0.1) is 23.1 Å². The molecule has 0 unspecified atom stereocenters. The summed E-state index contributed by atoms with van der Waals surface area (Å²) in [5.41, 5.74) is 6.44. The fourth-order valence-electron chi connectivity index (χ4n) is 0.678. The van der Waals surface area contributed by atoms with Crippen molar-refractivity contribution in [1.82, 2.24) is 0 Å². The van der Waals surface area contributed by atoms with Gasteiger partial charge in [0.1, 0.15) is 0 Å². The van der Waals surface area contributed by atoms with Crippen molar-refractivity contribution in [3.8, 4) is 0 Å². The van der Waals surface area contributed by atoms with Crippen LogP contribution < -0.4 is 5.73 Å². The number of nitro groups is 1. The average Bonchev–Trinajstić information content (AvgIpc) is 1.94. The Morgan fingerprint density at radius 3 is 2.58 bits per heavy atom. The first kappa shape index (κ1) is 11.2. The van der Waals surface area contributed by atoms with Crippen molar-refractivity contribution in [1.29, 1.82) is 0 Å². The molecule has 0 aliphatic rings. The normalized spacial score (nSPS) is 8.75. The van der Waals surface area contributed by atoms with Gasteiger partial charge >= 0.3 is 22.4 Å². The van der Waals surface area contributed by atoms with Gasteiger partial charge in [-0.1, -0.05) is 24.7 Å². The van der Waals surface area contributed by atoms with Gasteiger partial charge in [-0.2, -0.15) is 6.07 Å². The van der Waals surface area contributed by atoms with Crippen LogP contribution in [0.4, 0.5) is 11.4 Å². The number of benzene rings is 1. The Balaban J connectivity index is 0.00000121. The van der Waals surface area contributed by atoms with E-state index in [-0.39, 0.29) is 28.1 Å². The Hall–Kier alpha value is -0.840. The molecular weight excluding hydrogens is 341 g/mol. The van der Waals surface area contributed by atoms with Gasteiger partial charge in [0.05, 0.1) is 0 Å². The van der Waals surface area contributed by atoms with Gasteiger partial charge in [0.15, 0.2) is 5.69 Å². The number of rotatable bonds is 1. The quantitative estimate of drug-likeness (QED) is 0.273. The molecule has 0 amide bonds. The molecule has 1 aromatic carbocycles. The second kappa shape index (κ2) is 4.25. The molecule has 1 aromatic rings. The molecule has 0 atom stereocenters. The molecular formula is C7H7AuN2O2. The molecule has 0 aliphatic heterocycles. The van der Waals surface area contributed by atoms with E-state index in [9.17, 15) is 10.1 Å². The molecule has 0 fully saturated rings. The fraction of sp³-hybridized carbons (Fsp3) is 0.143. The number of hydrogen-bond acceptors (Lipinski definition) is 3. The first-order chi connectivity index (χ1) is 5.11. The number of aryl methyl sites for hydroxylation is 1. The zero-order valence-corrected chi connectivity index (χ0v) is 8.46. The first-order valence-corrected chi connectivity index (χ1v) is 3.04. The summed E-state index contributed by atoms with van der Waals surface area (Å²) >= 11 is 0. The molecule has 0 aliphatic carbocycles. The van der Waals surface area contributed by atoms with Crippen molar-refractivity contribution < 1.29 is 27.3 Å². The second-order valence-corrected chi connectivity index (χ2v) is 2.20. The molecule has 0 bridgehead atoms. The van der Waals surface area contributed by atoms with E-state index in [0.717, 1.165) is 5.56 Å². The van der Waals surface area contributed by atoms with Crippen molar-refractivity contribution in [2.24, 2.45) is 0 Å². The van der Waals surface area contributed by atoms with E-state index >= 15 is 0 Å². The van der Waals surface area contributed by atoms with Crippen LogP contribution in [0.15, 0.2) is 12.1 Å². The maximum Gasteiger partial charge on any atom is 1.00 e. The minimum Gasteiger partial charge on any atom is -0.419 e.